The molecule has 0 spiro atoms. The summed E-state index contributed by atoms with van der Waals surface area (Å²) in [6.07, 6.45) is 0. The monoisotopic (exact) mass is 313 g/mol. The predicted octanol–water partition coefficient (Wildman–Crippen LogP) is 4.55. The van der Waals surface area contributed by atoms with Gasteiger partial charge in [-0.3, -0.25) is 0 Å². The van der Waals surface area contributed by atoms with Crippen molar-refractivity contribution in [1.29, 1.82) is 0 Å². The van der Waals surface area contributed by atoms with Crippen LogP contribution in [0, 0.1) is 6.92 Å². The maximum atomic E-state index is 11.2. The molecule has 0 saturated carbocycles. The van der Waals surface area contributed by atoms with Crippen molar-refractivity contribution in [2.24, 2.45) is 0 Å². The van der Waals surface area contributed by atoms with E-state index in [-0.39, 0.29) is 5.56 Å². The molecule has 3 nitrogen and oxygen atoms in total. The summed E-state index contributed by atoms with van der Waals surface area (Å²) in [6.45, 7) is 1.80. The number of rotatable bonds is 3. The molecule has 6 heteroatoms. The molecule has 1 aromatic heterocycles. The number of aryl methyl sites for hydroxylation is 1. The molecule has 0 aliphatic heterocycles. The molecule has 0 radical (unpaired) electrons. The van der Waals surface area contributed by atoms with Crippen LogP contribution >= 0.6 is 35.0 Å². The van der Waals surface area contributed by atoms with Gasteiger partial charge in [0.25, 0.3) is 0 Å². The second kappa shape index (κ2) is 5.82. The molecule has 1 N–H and O–H groups in total. The number of carboxylic acids is 1. The Labute approximate surface area is 124 Å². The predicted molar refractivity (Wildman–Crippen MR) is 76.5 cm³/mol. The lowest BCUT2D eigenvalue weighted by molar-refractivity contribution is 0.0692. The minimum atomic E-state index is -1.02. The van der Waals surface area contributed by atoms with Crippen molar-refractivity contribution in [3.63, 3.8) is 0 Å². The van der Waals surface area contributed by atoms with Crippen molar-refractivity contribution in [2.45, 2.75) is 16.8 Å². The number of pyridine rings is 1. The quantitative estimate of drug-likeness (QED) is 0.903. The average Bonchev–Trinajstić information content (AvgIpc) is 2.33. The van der Waals surface area contributed by atoms with Crippen molar-refractivity contribution in [3.05, 3.63) is 51.6 Å². The van der Waals surface area contributed by atoms with E-state index in [0.717, 1.165) is 5.69 Å². The Morgan fingerprint density at radius 3 is 2.68 bits per heavy atom. The molecule has 0 amide bonds. The molecular weight excluding hydrogens is 305 g/mol. The average molecular weight is 314 g/mol. The van der Waals surface area contributed by atoms with Gasteiger partial charge in [0.1, 0.15) is 5.03 Å². The summed E-state index contributed by atoms with van der Waals surface area (Å²) in [5, 5.41) is 10.6. The van der Waals surface area contributed by atoms with Crippen molar-refractivity contribution >= 4 is 40.9 Å². The zero-order valence-electron chi connectivity index (χ0n) is 9.85. The van der Waals surface area contributed by atoms with Gasteiger partial charge in [-0.05, 0) is 37.3 Å². The van der Waals surface area contributed by atoms with Gasteiger partial charge in [0, 0.05) is 15.6 Å². The Balaban J connectivity index is 2.45. The van der Waals surface area contributed by atoms with Gasteiger partial charge < -0.3 is 5.11 Å². The molecule has 1 heterocycles. The minimum absolute atomic E-state index is 0.145. The fourth-order valence-corrected chi connectivity index (χ4v) is 2.92. The van der Waals surface area contributed by atoms with Crippen LogP contribution in [0.5, 0.6) is 0 Å². The van der Waals surface area contributed by atoms with Gasteiger partial charge in [0.2, 0.25) is 0 Å². The number of nitrogens with zero attached hydrogens (tertiary/aromatic N) is 1. The number of benzene rings is 1. The summed E-state index contributed by atoms with van der Waals surface area (Å²) in [5.74, 6) is -1.02. The highest BCUT2D eigenvalue weighted by atomic mass is 35.5. The van der Waals surface area contributed by atoms with Crippen molar-refractivity contribution in [3.8, 4) is 0 Å². The highest BCUT2D eigenvalue weighted by Gasteiger charge is 2.14. The van der Waals surface area contributed by atoms with E-state index in [2.05, 4.69) is 4.98 Å². The number of halogens is 2. The van der Waals surface area contributed by atoms with Crippen LogP contribution in [-0.2, 0) is 0 Å². The van der Waals surface area contributed by atoms with Crippen LogP contribution in [0.4, 0.5) is 0 Å². The largest absolute Gasteiger partial charge is 0.478 e. The maximum absolute atomic E-state index is 11.2. The van der Waals surface area contributed by atoms with Crippen LogP contribution in [0.3, 0.4) is 0 Å². The first-order valence-corrected chi connectivity index (χ1v) is 6.88. The molecule has 1 aromatic carbocycles. The number of aromatic nitrogens is 1. The number of hydrogen-bond acceptors (Lipinski definition) is 3. The summed E-state index contributed by atoms with van der Waals surface area (Å²) >= 11 is 13.2. The Bertz CT molecular complexity index is 647. The van der Waals surface area contributed by atoms with Crippen LogP contribution in [-0.4, -0.2) is 16.1 Å². The molecule has 0 saturated heterocycles. The van der Waals surface area contributed by atoms with Gasteiger partial charge in [-0.1, -0.05) is 35.0 Å². The molecule has 0 atom stereocenters. The minimum Gasteiger partial charge on any atom is -0.478 e. The standard InChI is InChI=1S/C13H9Cl2NO2S/c1-7-2-4-9(13(17)18)12(16-7)19-11-6-8(14)3-5-10(11)15/h2-6H,1H3,(H,17,18). The molecule has 0 aliphatic rings. The molecule has 98 valence electrons. The maximum Gasteiger partial charge on any atom is 0.338 e. The van der Waals surface area contributed by atoms with Crippen LogP contribution < -0.4 is 0 Å². The molecule has 0 bridgehead atoms. The van der Waals surface area contributed by atoms with Gasteiger partial charge >= 0.3 is 5.97 Å². The topological polar surface area (TPSA) is 50.2 Å². The van der Waals surface area contributed by atoms with Crippen molar-refractivity contribution < 1.29 is 9.90 Å². The SMILES string of the molecule is Cc1ccc(C(=O)O)c(Sc2cc(Cl)ccc2Cl)n1. The first-order valence-electron chi connectivity index (χ1n) is 5.31. The van der Waals surface area contributed by atoms with Gasteiger partial charge in [-0.2, -0.15) is 0 Å². The molecule has 0 fully saturated rings. The number of hydrogen-bond donors (Lipinski definition) is 1. The van der Waals surface area contributed by atoms with E-state index in [1.54, 1.807) is 31.2 Å². The Hall–Kier alpha value is -1.23. The second-order valence-corrected chi connectivity index (χ2v) is 5.66. The van der Waals surface area contributed by atoms with Gasteiger partial charge in [-0.15, -0.1) is 0 Å². The van der Waals surface area contributed by atoms with Gasteiger partial charge in [0.15, 0.2) is 0 Å². The third kappa shape index (κ3) is 3.41. The Morgan fingerprint density at radius 2 is 2.00 bits per heavy atom. The Kier molecular flexibility index (Phi) is 4.34. The molecule has 2 rings (SSSR count). The van der Waals surface area contributed by atoms with Crippen LogP contribution in [0.15, 0.2) is 40.3 Å². The number of carbonyl (C=O) groups is 1. The number of carboxylic acid groups (broad SMARTS) is 1. The van der Waals surface area contributed by atoms with Crippen LogP contribution in [0.2, 0.25) is 10.0 Å². The van der Waals surface area contributed by atoms with E-state index in [1.165, 1.54) is 17.8 Å². The van der Waals surface area contributed by atoms with Crippen molar-refractivity contribution in [1.82, 2.24) is 4.98 Å². The smallest absolute Gasteiger partial charge is 0.338 e. The molecule has 19 heavy (non-hydrogen) atoms. The Morgan fingerprint density at radius 1 is 1.26 bits per heavy atom. The zero-order chi connectivity index (χ0) is 14.0. The van der Waals surface area contributed by atoms with Crippen LogP contribution in [0.1, 0.15) is 16.1 Å². The highest BCUT2D eigenvalue weighted by molar-refractivity contribution is 7.99. The van der Waals surface area contributed by atoms with Gasteiger partial charge in [-0.25, -0.2) is 9.78 Å². The zero-order valence-corrected chi connectivity index (χ0v) is 12.2. The summed E-state index contributed by atoms with van der Waals surface area (Å²) < 4.78 is 0. The normalized spacial score (nSPS) is 10.5. The molecule has 0 aliphatic carbocycles. The first kappa shape index (κ1) is 14.2. The van der Waals surface area contributed by atoms with Gasteiger partial charge in [0.05, 0.1) is 10.6 Å². The third-order valence-electron chi connectivity index (χ3n) is 2.33. The summed E-state index contributed by atoms with van der Waals surface area (Å²) in [6, 6.07) is 8.22. The lowest BCUT2D eigenvalue weighted by atomic mass is 10.2. The van der Waals surface area contributed by atoms with Crippen molar-refractivity contribution in [2.75, 3.05) is 0 Å². The van der Waals surface area contributed by atoms with E-state index in [0.29, 0.717) is 20.0 Å². The van der Waals surface area contributed by atoms with Crippen LogP contribution in [0.25, 0.3) is 0 Å². The highest BCUT2D eigenvalue weighted by Crippen LogP contribution is 2.35. The summed E-state index contributed by atoms with van der Waals surface area (Å²) in [5.41, 5.74) is 0.886. The lowest BCUT2D eigenvalue weighted by Crippen LogP contribution is -2.01. The molecule has 2 aromatic rings. The van der Waals surface area contributed by atoms with E-state index in [9.17, 15) is 4.79 Å². The van der Waals surface area contributed by atoms with E-state index >= 15 is 0 Å². The molecular formula is C13H9Cl2NO2S. The fraction of sp³-hybridized carbons (Fsp3) is 0.0769. The summed E-state index contributed by atoms with van der Waals surface area (Å²) in [7, 11) is 0. The van der Waals surface area contributed by atoms with E-state index < -0.39 is 5.97 Å². The first-order chi connectivity index (χ1) is 8.97. The lowest BCUT2D eigenvalue weighted by Gasteiger charge is -2.07. The molecule has 0 unspecified atom stereocenters. The fourth-order valence-electron chi connectivity index (χ4n) is 1.43. The van der Waals surface area contributed by atoms with E-state index in [1.807, 2.05) is 0 Å². The van der Waals surface area contributed by atoms with E-state index in [4.69, 9.17) is 28.3 Å². The second-order valence-electron chi connectivity index (χ2n) is 3.79. The summed E-state index contributed by atoms with van der Waals surface area (Å²) in [4.78, 5) is 16.1. The number of aromatic carboxylic acids is 1. The third-order valence-corrected chi connectivity index (χ3v) is 4.07.